The zero-order chi connectivity index (χ0) is 17.7. The van der Waals surface area contributed by atoms with Crippen LogP contribution in [0.3, 0.4) is 0 Å². The minimum atomic E-state index is 0.342. The predicted molar refractivity (Wildman–Crippen MR) is 110 cm³/mol. The molecule has 0 atom stereocenters. The molecule has 1 spiro atoms. The van der Waals surface area contributed by atoms with Crippen LogP contribution in [0, 0.1) is 0 Å². The van der Waals surface area contributed by atoms with Gasteiger partial charge in [-0.15, -0.1) is 0 Å². The molecular formula is C22H22ClN3. The zero-order valence-electron chi connectivity index (χ0n) is 14.8. The molecule has 3 nitrogen and oxygen atoms in total. The molecule has 2 aromatic carbocycles. The van der Waals surface area contributed by atoms with Crippen LogP contribution in [0.1, 0.15) is 36.8 Å². The van der Waals surface area contributed by atoms with Crippen molar-refractivity contribution in [2.24, 2.45) is 4.99 Å². The summed E-state index contributed by atoms with van der Waals surface area (Å²) < 4.78 is 0. The van der Waals surface area contributed by atoms with Gasteiger partial charge in [0.25, 0.3) is 0 Å². The number of hydrogen-bond acceptors (Lipinski definition) is 3. The van der Waals surface area contributed by atoms with Crippen molar-refractivity contribution >= 4 is 34.5 Å². The Balaban J connectivity index is 1.47. The van der Waals surface area contributed by atoms with Crippen molar-refractivity contribution in [3.63, 3.8) is 0 Å². The first-order chi connectivity index (χ1) is 12.6. The molecule has 0 bridgehead atoms. The second-order valence-corrected chi connectivity index (χ2v) is 8.12. The van der Waals surface area contributed by atoms with Crippen LogP contribution in [0.25, 0.3) is 5.70 Å². The first-order valence-electron chi connectivity index (χ1n) is 9.33. The molecule has 2 aliphatic heterocycles. The minimum Gasteiger partial charge on any atom is -0.363 e. The first kappa shape index (κ1) is 16.0. The predicted octanol–water partition coefficient (Wildman–Crippen LogP) is 5.28. The van der Waals surface area contributed by atoms with Crippen molar-refractivity contribution in [3.05, 3.63) is 65.2 Å². The third-order valence-corrected chi connectivity index (χ3v) is 6.28. The summed E-state index contributed by atoms with van der Waals surface area (Å²) in [5.41, 5.74) is 6.03. The number of hydrogen-bond donors (Lipinski definition) is 1. The average molecular weight is 364 g/mol. The van der Waals surface area contributed by atoms with E-state index in [0.29, 0.717) is 10.4 Å². The Hall–Kier alpha value is -2.26. The van der Waals surface area contributed by atoms with E-state index < -0.39 is 0 Å². The Labute approximate surface area is 159 Å². The largest absolute Gasteiger partial charge is 0.363 e. The van der Waals surface area contributed by atoms with Crippen molar-refractivity contribution in [1.82, 2.24) is 5.32 Å². The topological polar surface area (TPSA) is 27.6 Å². The van der Waals surface area contributed by atoms with Crippen molar-refractivity contribution in [3.8, 4) is 0 Å². The molecule has 3 aliphatic rings. The number of nitrogens with one attached hydrogen (secondary N) is 1. The molecule has 2 heterocycles. The number of halogens is 1. The summed E-state index contributed by atoms with van der Waals surface area (Å²) in [5.74, 6) is 0.953. The van der Waals surface area contributed by atoms with Crippen molar-refractivity contribution in [2.45, 2.75) is 31.1 Å². The highest BCUT2D eigenvalue weighted by Crippen LogP contribution is 2.50. The highest BCUT2D eigenvalue weighted by Gasteiger charge is 2.44. The summed E-state index contributed by atoms with van der Waals surface area (Å²) in [6.07, 6.45) is 5.28. The normalized spacial score (nSPS) is 20.0. The SMILES string of the molecule is C=C1NC(CN2CC3(CCCC3)c3ccccc32)=Nc2ccc(Cl)cc21. The molecule has 0 unspecified atom stereocenters. The third-order valence-electron chi connectivity index (χ3n) is 6.05. The first-order valence-corrected chi connectivity index (χ1v) is 9.70. The molecule has 5 rings (SSSR count). The molecular weight excluding hydrogens is 342 g/mol. The monoisotopic (exact) mass is 363 g/mol. The number of anilines is 1. The summed E-state index contributed by atoms with van der Waals surface area (Å²) in [7, 11) is 0. The molecule has 0 aromatic heterocycles. The van der Waals surface area contributed by atoms with Crippen LogP contribution >= 0.6 is 11.6 Å². The lowest BCUT2D eigenvalue weighted by atomic mass is 9.81. The zero-order valence-corrected chi connectivity index (χ0v) is 15.5. The second-order valence-electron chi connectivity index (χ2n) is 7.68. The third kappa shape index (κ3) is 2.45. The Kier molecular flexibility index (Phi) is 3.61. The van der Waals surface area contributed by atoms with Gasteiger partial charge in [-0.2, -0.15) is 0 Å². The lowest BCUT2D eigenvalue weighted by Gasteiger charge is -2.28. The van der Waals surface area contributed by atoms with E-state index in [1.165, 1.54) is 36.9 Å². The van der Waals surface area contributed by atoms with Gasteiger partial charge < -0.3 is 10.2 Å². The van der Waals surface area contributed by atoms with E-state index >= 15 is 0 Å². The van der Waals surface area contributed by atoms with E-state index in [9.17, 15) is 0 Å². The number of amidine groups is 1. The lowest BCUT2D eigenvalue weighted by molar-refractivity contribution is 0.471. The fraction of sp³-hybridized carbons (Fsp3) is 0.318. The van der Waals surface area contributed by atoms with E-state index in [1.807, 2.05) is 18.2 Å². The molecule has 0 amide bonds. The van der Waals surface area contributed by atoms with Gasteiger partial charge in [-0.25, -0.2) is 4.99 Å². The Morgan fingerprint density at radius 1 is 1.15 bits per heavy atom. The molecule has 26 heavy (non-hydrogen) atoms. The van der Waals surface area contributed by atoms with Gasteiger partial charge in [0.1, 0.15) is 5.84 Å². The summed E-state index contributed by atoms with van der Waals surface area (Å²) in [4.78, 5) is 7.32. The van der Waals surface area contributed by atoms with E-state index in [2.05, 4.69) is 41.1 Å². The van der Waals surface area contributed by atoms with Crippen LogP contribution in [0.5, 0.6) is 0 Å². The summed E-state index contributed by atoms with van der Waals surface area (Å²) in [5, 5.41) is 4.10. The number of nitrogens with zero attached hydrogens (tertiary/aromatic N) is 2. The van der Waals surface area contributed by atoms with Crippen LogP contribution in [0.15, 0.2) is 54.0 Å². The van der Waals surface area contributed by atoms with Crippen molar-refractivity contribution in [1.29, 1.82) is 0 Å². The van der Waals surface area contributed by atoms with Gasteiger partial charge in [-0.3, -0.25) is 0 Å². The van der Waals surface area contributed by atoms with Crippen molar-refractivity contribution < 1.29 is 0 Å². The lowest BCUT2D eigenvalue weighted by Crippen LogP contribution is -2.39. The van der Waals surface area contributed by atoms with Crippen LogP contribution in [-0.2, 0) is 5.41 Å². The molecule has 1 aliphatic carbocycles. The van der Waals surface area contributed by atoms with Gasteiger partial charge in [-0.1, -0.05) is 49.2 Å². The maximum absolute atomic E-state index is 6.12. The van der Waals surface area contributed by atoms with Gasteiger partial charge in [0.15, 0.2) is 0 Å². The van der Waals surface area contributed by atoms with Crippen LogP contribution in [0.2, 0.25) is 5.02 Å². The van der Waals surface area contributed by atoms with Crippen LogP contribution in [0.4, 0.5) is 11.4 Å². The standard InChI is InChI=1S/C22H22ClN3/c1-15-17-12-16(23)8-9-19(17)25-21(24-15)13-26-14-22(10-4-5-11-22)18-6-2-3-7-20(18)26/h2-3,6-9,12H,1,4-5,10-11,13-14H2,(H,24,25). The van der Waals surface area contributed by atoms with Crippen LogP contribution < -0.4 is 10.2 Å². The Morgan fingerprint density at radius 2 is 1.96 bits per heavy atom. The van der Waals surface area contributed by atoms with Crippen LogP contribution in [-0.4, -0.2) is 18.9 Å². The van der Waals surface area contributed by atoms with Crippen molar-refractivity contribution in [2.75, 3.05) is 18.0 Å². The smallest absolute Gasteiger partial charge is 0.126 e. The summed E-state index contributed by atoms with van der Waals surface area (Å²) >= 11 is 6.12. The highest BCUT2D eigenvalue weighted by atomic mass is 35.5. The van der Waals surface area contributed by atoms with Gasteiger partial charge in [0.05, 0.1) is 12.2 Å². The molecule has 132 valence electrons. The summed E-state index contributed by atoms with van der Waals surface area (Å²) in [6, 6.07) is 14.7. The van der Waals surface area contributed by atoms with E-state index in [1.54, 1.807) is 0 Å². The van der Waals surface area contributed by atoms with Gasteiger partial charge >= 0.3 is 0 Å². The average Bonchev–Trinajstić information content (AvgIpc) is 3.23. The minimum absolute atomic E-state index is 0.342. The summed E-state index contributed by atoms with van der Waals surface area (Å²) in [6.45, 7) is 6.04. The molecule has 2 aromatic rings. The maximum atomic E-state index is 6.12. The van der Waals surface area contributed by atoms with Gasteiger partial charge in [-0.05, 0) is 42.7 Å². The molecule has 0 saturated heterocycles. The number of fused-ring (bicyclic) bond motifs is 3. The Bertz CT molecular complexity index is 925. The van der Waals surface area contributed by atoms with E-state index in [-0.39, 0.29) is 0 Å². The number of rotatable bonds is 2. The molecule has 0 radical (unpaired) electrons. The molecule has 4 heteroatoms. The van der Waals surface area contributed by atoms with E-state index in [0.717, 1.165) is 35.9 Å². The number of aliphatic imine (C=N–C) groups is 1. The fourth-order valence-corrected chi connectivity index (χ4v) is 5.04. The molecule has 1 saturated carbocycles. The Morgan fingerprint density at radius 3 is 2.81 bits per heavy atom. The quantitative estimate of drug-likeness (QED) is 0.786. The fourth-order valence-electron chi connectivity index (χ4n) is 4.87. The maximum Gasteiger partial charge on any atom is 0.126 e. The molecule has 1 fully saturated rings. The van der Waals surface area contributed by atoms with E-state index in [4.69, 9.17) is 16.6 Å². The second kappa shape index (κ2) is 5.88. The molecule has 1 N–H and O–H groups in total. The van der Waals surface area contributed by atoms with Gasteiger partial charge in [0.2, 0.25) is 0 Å². The number of benzene rings is 2. The van der Waals surface area contributed by atoms with Gasteiger partial charge in [0, 0.05) is 33.9 Å². The number of para-hydroxylation sites is 1. The highest BCUT2D eigenvalue weighted by molar-refractivity contribution is 6.31.